The second-order valence-corrected chi connectivity index (χ2v) is 6.89. The predicted molar refractivity (Wildman–Crippen MR) is 73.5 cm³/mol. The van der Waals surface area contributed by atoms with Crippen LogP contribution < -0.4 is 0 Å². The van der Waals surface area contributed by atoms with Crippen LogP contribution >= 0.6 is 11.3 Å². The zero-order valence-electron chi connectivity index (χ0n) is 10.5. The van der Waals surface area contributed by atoms with Crippen LogP contribution in [0.2, 0.25) is 0 Å². The molecule has 1 heterocycles. The highest BCUT2D eigenvalue weighted by molar-refractivity contribution is 7.19. The van der Waals surface area contributed by atoms with E-state index in [2.05, 4.69) is 51.1 Å². The van der Waals surface area contributed by atoms with Gasteiger partial charge in [-0.05, 0) is 28.9 Å². The summed E-state index contributed by atoms with van der Waals surface area (Å²) in [6, 6.07) is 10.8. The molecule has 0 radical (unpaired) electrons. The summed E-state index contributed by atoms with van der Waals surface area (Å²) in [7, 11) is 0. The Morgan fingerprint density at radius 3 is 2.53 bits per heavy atom. The van der Waals surface area contributed by atoms with Gasteiger partial charge in [-0.1, -0.05) is 39.0 Å². The van der Waals surface area contributed by atoms with E-state index < -0.39 is 0 Å². The average Bonchev–Trinajstić information content (AvgIpc) is 2.66. The molecule has 0 spiro atoms. The summed E-state index contributed by atoms with van der Waals surface area (Å²) >= 11 is 1.88. The van der Waals surface area contributed by atoms with Crippen molar-refractivity contribution in [3.05, 3.63) is 35.2 Å². The third-order valence-corrected chi connectivity index (χ3v) is 6.30. The normalized spacial score (nSPS) is 30.7. The van der Waals surface area contributed by atoms with Crippen molar-refractivity contribution in [2.75, 3.05) is 6.61 Å². The lowest BCUT2D eigenvalue weighted by Crippen LogP contribution is -2.07. The minimum Gasteiger partial charge on any atom is -0.396 e. The molecule has 1 aromatic carbocycles. The third-order valence-electron chi connectivity index (χ3n) is 4.94. The quantitative estimate of drug-likeness (QED) is 0.854. The Bertz CT molecular complexity index is 536. The van der Waals surface area contributed by atoms with Gasteiger partial charge in [0, 0.05) is 21.6 Å². The zero-order chi connectivity index (χ0) is 12.3. The molecule has 1 aliphatic carbocycles. The molecule has 3 rings (SSSR count). The Morgan fingerprint density at radius 1 is 1.24 bits per heavy atom. The first kappa shape index (κ1) is 11.2. The van der Waals surface area contributed by atoms with E-state index in [0.717, 1.165) is 0 Å². The topological polar surface area (TPSA) is 20.2 Å². The monoisotopic (exact) mass is 246 g/mol. The van der Waals surface area contributed by atoms with Crippen molar-refractivity contribution >= 4 is 21.4 Å². The van der Waals surface area contributed by atoms with E-state index in [1.54, 1.807) is 0 Å². The summed E-state index contributed by atoms with van der Waals surface area (Å²) in [5, 5.41) is 10.8. The Balaban J connectivity index is 2.11. The van der Waals surface area contributed by atoms with Crippen LogP contribution in [0, 0.1) is 11.3 Å². The molecule has 0 aliphatic heterocycles. The highest BCUT2D eigenvalue weighted by Gasteiger charge is 2.68. The summed E-state index contributed by atoms with van der Waals surface area (Å²) < 4.78 is 1.35. The molecule has 0 amide bonds. The maximum Gasteiger partial charge on any atom is 0.0473 e. The molecule has 90 valence electrons. The fraction of sp³-hybridized carbons (Fsp3) is 0.467. The summed E-state index contributed by atoms with van der Waals surface area (Å²) in [6.07, 6.45) is 0. The second kappa shape index (κ2) is 3.33. The molecule has 2 aromatic rings. The predicted octanol–water partition coefficient (Wildman–Crippen LogP) is 3.81. The van der Waals surface area contributed by atoms with Gasteiger partial charge in [-0.25, -0.2) is 0 Å². The summed E-state index contributed by atoms with van der Waals surface area (Å²) in [5.74, 6) is 0.392. The van der Waals surface area contributed by atoms with E-state index in [1.807, 2.05) is 11.3 Å². The van der Waals surface area contributed by atoms with Gasteiger partial charge in [0.15, 0.2) is 0 Å². The Morgan fingerprint density at radius 2 is 1.94 bits per heavy atom. The maximum atomic E-state index is 9.52. The summed E-state index contributed by atoms with van der Waals surface area (Å²) in [4.78, 5) is 1.42. The van der Waals surface area contributed by atoms with Crippen molar-refractivity contribution in [2.45, 2.75) is 26.2 Å². The highest BCUT2D eigenvalue weighted by Crippen LogP contribution is 2.70. The van der Waals surface area contributed by atoms with Crippen molar-refractivity contribution in [1.82, 2.24) is 0 Å². The number of aliphatic hydroxyl groups is 1. The Labute approximate surface area is 106 Å². The molecule has 17 heavy (non-hydrogen) atoms. The van der Waals surface area contributed by atoms with Crippen LogP contribution in [0.4, 0.5) is 0 Å². The molecule has 1 saturated carbocycles. The number of fused-ring (bicyclic) bond motifs is 1. The maximum absolute atomic E-state index is 9.52. The van der Waals surface area contributed by atoms with Gasteiger partial charge < -0.3 is 5.11 Å². The standard InChI is InChI=1S/C15H18OS/c1-14(2)12(9-16)15(14,3)13-8-10-6-4-5-7-11(10)17-13/h4-8,12,16H,9H2,1-3H3. The Kier molecular flexibility index (Phi) is 2.20. The van der Waals surface area contributed by atoms with Gasteiger partial charge >= 0.3 is 0 Å². The van der Waals surface area contributed by atoms with Gasteiger partial charge in [0.2, 0.25) is 0 Å². The van der Waals surface area contributed by atoms with E-state index in [-0.39, 0.29) is 17.4 Å². The fourth-order valence-electron chi connectivity index (χ4n) is 3.24. The van der Waals surface area contributed by atoms with Crippen LogP contribution in [0.3, 0.4) is 0 Å². The van der Waals surface area contributed by atoms with E-state index >= 15 is 0 Å². The number of rotatable bonds is 2. The lowest BCUT2D eigenvalue weighted by molar-refractivity contribution is 0.254. The molecule has 1 nitrogen and oxygen atoms in total. The van der Waals surface area contributed by atoms with Crippen LogP contribution in [0.15, 0.2) is 30.3 Å². The SMILES string of the molecule is CC1(C)C(CO)C1(C)c1cc2ccccc2s1. The van der Waals surface area contributed by atoms with E-state index in [0.29, 0.717) is 5.92 Å². The molecular weight excluding hydrogens is 228 g/mol. The number of hydrogen-bond acceptors (Lipinski definition) is 2. The van der Waals surface area contributed by atoms with E-state index in [9.17, 15) is 5.11 Å². The van der Waals surface area contributed by atoms with E-state index in [4.69, 9.17) is 0 Å². The van der Waals surface area contributed by atoms with E-state index in [1.165, 1.54) is 15.0 Å². The molecule has 0 saturated heterocycles. The summed E-state index contributed by atoms with van der Waals surface area (Å²) in [5.41, 5.74) is 0.355. The number of hydrogen-bond donors (Lipinski definition) is 1. The van der Waals surface area contributed by atoms with Gasteiger partial charge in [0.25, 0.3) is 0 Å². The minimum atomic E-state index is 0.144. The van der Waals surface area contributed by atoms with Crippen LogP contribution in [0.5, 0.6) is 0 Å². The van der Waals surface area contributed by atoms with Crippen molar-refractivity contribution in [2.24, 2.45) is 11.3 Å². The summed E-state index contributed by atoms with van der Waals surface area (Å²) in [6.45, 7) is 7.10. The number of benzene rings is 1. The first-order valence-electron chi connectivity index (χ1n) is 6.11. The molecule has 1 aromatic heterocycles. The Hall–Kier alpha value is -0.860. The molecule has 1 aliphatic rings. The molecule has 2 heteroatoms. The minimum absolute atomic E-state index is 0.144. The number of aliphatic hydroxyl groups excluding tert-OH is 1. The van der Waals surface area contributed by atoms with Gasteiger partial charge in [0.1, 0.15) is 0 Å². The first-order valence-corrected chi connectivity index (χ1v) is 6.93. The van der Waals surface area contributed by atoms with Crippen LogP contribution in [-0.4, -0.2) is 11.7 Å². The zero-order valence-corrected chi connectivity index (χ0v) is 11.3. The van der Waals surface area contributed by atoms with Crippen molar-refractivity contribution in [3.8, 4) is 0 Å². The molecule has 0 bridgehead atoms. The number of thiophene rings is 1. The average molecular weight is 246 g/mol. The van der Waals surface area contributed by atoms with Crippen molar-refractivity contribution < 1.29 is 5.11 Å². The van der Waals surface area contributed by atoms with Crippen LogP contribution in [0.1, 0.15) is 25.6 Å². The molecule has 2 atom stereocenters. The van der Waals surface area contributed by atoms with Gasteiger partial charge in [-0.15, -0.1) is 11.3 Å². The van der Waals surface area contributed by atoms with Crippen molar-refractivity contribution in [1.29, 1.82) is 0 Å². The van der Waals surface area contributed by atoms with Gasteiger partial charge in [-0.3, -0.25) is 0 Å². The largest absolute Gasteiger partial charge is 0.396 e. The fourth-order valence-corrected chi connectivity index (χ4v) is 4.67. The van der Waals surface area contributed by atoms with Gasteiger partial charge in [-0.2, -0.15) is 0 Å². The molecule has 2 unspecified atom stereocenters. The smallest absolute Gasteiger partial charge is 0.0473 e. The first-order chi connectivity index (χ1) is 8.01. The van der Waals surface area contributed by atoms with Crippen LogP contribution in [-0.2, 0) is 5.41 Å². The highest BCUT2D eigenvalue weighted by atomic mass is 32.1. The lowest BCUT2D eigenvalue weighted by atomic mass is 9.96. The molecular formula is C15H18OS. The molecule has 1 fully saturated rings. The second-order valence-electron chi connectivity index (χ2n) is 5.81. The lowest BCUT2D eigenvalue weighted by Gasteiger charge is -2.11. The third kappa shape index (κ3) is 1.28. The van der Waals surface area contributed by atoms with Crippen LogP contribution in [0.25, 0.3) is 10.1 Å². The van der Waals surface area contributed by atoms with Crippen molar-refractivity contribution in [3.63, 3.8) is 0 Å². The molecule has 1 N–H and O–H groups in total. The van der Waals surface area contributed by atoms with Gasteiger partial charge in [0.05, 0.1) is 0 Å².